The molecule has 0 aromatic heterocycles. The standard InChI is InChI=1S/C22H15F2NO/c23-19-8-5-6-16(12-19)15-26-22-11-4-1-7-17(22)13-18(14-25)20-9-2-3-10-21(20)24/h1-13H,15H2. The van der Waals surface area contributed by atoms with Gasteiger partial charge in [-0.15, -0.1) is 0 Å². The van der Waals surface area contributed by atoms with E-state index in [0.717, 1.165) is 0 Å². The van der Waals surface area contributed by atoms with Crippen LogP contribution in [-0.4, -0.2) is 0 Å². The van der Waals surface area contributed by atoms with Gasteiger partial charge in [0.1, 0.15) is 24.0 Å². The summed E-state index contributed by atoms with van der Waals surface area (Å²) >= 11 is 0. The SMILES string of the molecule is N#CC(=Cc1ccccc1OCc1cccc(F)c1)c1ccccc1F. The van der Waals surface area contributed by atoms with Crippen LogP contribution in [0, 0.1) is 23.0 Å². The van der Waals surface area contributed by atoms with Crippen LogP contribution >= 0.6 is 0 Å². The average molecular weight is 347 g/mol. The van der Waals surface area contributed by atoms with E-state index < -0.39 is 5.82 Å². The largest absolute Gasteiger partial charge is 0.488 e. The van der Waals surface area contributed by atoms with Crippen molar-refractivity contribution < 1.29 is 13.5 Å². The molecular formula is C22H15F2NO. The molecule has 0 aliphatic rings. The van der Waals surface area contributed by atoms with Crippen LogP contribution in [0.5, 0.6) is 5.75 Å². The Balaban J connectivity index is 1.89. The third-order valence-corrected chi connectivity index (χ3v) is 3.79. The molecule has 0 amide bonds. The van der Waals surface area contributed by atoms with Gasteiger partial charge < -0.3 is 4.74 Å². The van der Waals surface area contributed by atoms with E-state index in [1.165, 1.54) is 18.2 Å². The first-order valence-electron chi connectivity index (χ1n) is 8.00. The summed E-state index contributed by atoms with van der Waals surface area (Å²) in [5, 5.41) is 9.43. The maximum atomic E-state index is 14.0. The topological polar surface area (TPSA) is 33.0 Å². The molecule has 0 saturated carbocycles. The van der Waals surface area contributed by atoms with Crippen LogP contribution in [0.15, 0.2) is 72.8 Å². The summed E-state index contributed by atoms with van der Waals surface area (Å²) in [5.41, 5.74) is 1.77. The molecule has 128 valence electrons. The van der Waals surface area contributed by atoms with Gasteiger partial charge in [-0.1, -0.05) is 48.5 Å². The van der Waals surface area contributed by atoms with Crippen LogP contribution < -0.4 is 4.74 Å². The van der Waals surface area contributed by atoms with E-state index in [2.05, 4.69) is 0 Å². The Hall–Kier alpha value is -3.45. The third-order valence-electron chi connectivity index (χ3n) is 3.79. The molecule has 3 rings (SSSR count). The van der Waals surface area contributed by atoms with Crippen molar-refractivity contribution >= 4 is 11.6 Å². The highest BCUT2D eigenvalue weighted by molar-refractivity contribution is 5.90. The number of hydrogen-bond acceptors (Lipinski definition) is 2. The summed E-state index contributed by atoms with van der Waals surface area (Å²) in [4.78, 5) is 0. The van der Waals surface area contributed by atoms with Gasteiger partial charge in [-0.2, -0.15) is 5.26 Å². The zero-order valence-corrected chi connectivity index (χ0v) is 13.8. The molecule has 0 spiro atoms. The number of nitrogens with zero attached hydrogens (tertiary/aromatic N) is 1. The highest BCUT2D eigenvalue weighted by Crippen LogP contribution is 2.26. The summed E-state index contributed by atoms with van der Waals surface area (Å²) in [6, 6.07) is 21.4. The number of halogens is 2. The van der Waals surface area contributed by atoms with Crippen molar-refractivity contribution in [3.8, 4) is 11.8 Å². The van der Waals surface area contributed by atoms with Crippen LogP contribution in [0.4, 0.5) is 8.78 Å². The van der Waals surface area contributed by atoms with Crippen molar-refractivity contribution in [2.75, 3.05) is 0 Å². The number of para-hydroxylation sites is 1. The van der Waals surface area contributed by atoms with Gasteiger partial charge in [0.05, 0.1) is 11.6 Å². The van der Waals surface area contributed by atoms with Gasteiger partial charge in [-0.05, 0) is 35.9 Å². The van der Waals surface area contributed by atoms with Crippen molar-refractivity contribution in [2.24, 2.45) is 0 Å². The predicted molar refractivity (Wildman–Crippen MR) is 97.1 cm³/mol. The number of ether oxygens (including phenoxy) is 1. The maximum Gasteiger partial charge on any atom is 0.131 e. The van der Waals surface area contributed by atoms with Gasteiger partial charge in [0.2, 0.25) is 0 Å². The lowest BCUT2D eigenvalue weighted by atomic mass is 10.0. The minimum Gasteiger partial charge on any atom is -0.488 e. The zero-order valence-electron chi connectivity index (χ0n) is 13.8. The van der Waals surface area contributed by atoms with Crippen LogP contribution in [0.1, 0.15) is 16.7 Å². The second kappa shape index (κ2) is 8.09. The Bertz CT molecular complexity index is 989. The monoisotopic (exact) mass is 347 g/mol. The Morgan fingerprint density at radius 2 is 1.73 bits per heavy atom. The predicted octanol–water partition coefficient (Wildman–Crippen LogP) is 5.61. The summed E-state index contributed by atoms with van der Waals surface area (Å²) in [6.45, 7) is 0.185. The average Bonchev–Trinajstić information content (AvgIpc) is 2.66. The molecule has 3 aromatic carbocycles. The lowest BCUT2D eigenvalue weighted by molar-refractivity contribution is 0.305. The Morgan fingerprint density at radius 3 is 2.50 bits per heavy atom. The third kappa shape index (κ3) is 4.14. The van der Waals surface area contributed by atoms with E-state index in [1.54, 1.807) is 60.7 Å². The van der Waals surface area contributed by atoms with Crippen molar-refractivity contribution in [1.82, 2.24) is 0 Å². The van der Waals surface area contributed by atoms with E-state index in [1.807, 2.05) is 6.07 Å². The summed E-state index contributed by atoms with van der Waals surface area (Å²) < 4.78 is 33.0. The second-order valence-electron chi connectivity index (χ2n) is 5.61. The number of rotatable bonds is 5. The molecule has 3 aromatic rings. The van der Waals surface area contributed by atoms with Crippen LogP contribution in [-0.2, 0) is 6.61 Å². The Morgan fingerprint density at radius 1 is 0.962 bits per heavy atom. The fourth-order valence-electron chi connectivity index (χ4n) is 2.52. The van der Waals surface area contributed by atoms with Crippen molar-refractivity contribution in [2.45, 2.75) is 6.61 Å². The molecule has 0 atom stereocenters. The molecule has 0 unspecified atom stereocenters. The first kappa shape index (κ1) is 17.4. The molecule has 0 N–H and O–H groups in total. The summed E-state index contributed by atoms with van der Waals surface area (Å²) in [5.74, 6) is -0.259. The summed E-state index contributed by atoms with van der Waals surface area (Å²) in [7, 11) is 0. The number of allylic oxidation sites excluding steroid dienone is 1. The molecule has 0 radical (unpaired) electrons. The van der Waals surface area contributed by atoms with Gasteiger partial charge in [-0.25, -0.2) is 8.78 Å². The fraction of sp³-hybridized carbons (Fsp3) is 0.0455. The normalized spacial score (nSPS) is 11.0. The molecule has 2 nitrogen and oxygen atoms in total. The van der Waals surface area contributed by atoms with Gasteiger partial charge in [0.15, 0.2) is 0 Å². The first-order valence-corrected chi connectivity index (χ1v) is 8.00. The molecule has 0 fully saturated rings. The van der Waals surface area contributed by atoms with Gasteiger partial charge >= 0.3 is 0 Å². The minimum atomic E-state index is -0.460. The van der Waals surface area contributed by atoms with Crippen LogP contribution in [0.2, 0.25) is 0 Å². The van der Waals surface area contributed by atoms with E-state index in [-0.39, 0.29) is 23.6 Å². The highest BCUT2D eigenvalue weighted by Gasteiger charge is 2.09. The molecule has 0 aliphatic heterocycles. The smallest absolute Gasteiger partial charge is 0.131 e. The molecule has 0 heterocycles. The van der Waals surface area contributed by atoms with Crippen LogP contribution in [0.25, 0.3) is 11.6 Å². The van der Waals surface area contributed by atoms with E-state index in [4.69, 9.17) is 4.74 Å². The highest BCUT2D eigenvalue weighted by atomic mass is 19.1. The van der Waals surface area contributed by atoms with Crippen molar-refractivity contribution in [1.29, 1.82) is 5.26 Å². The van der Waals surface area contributed by atoms with E-state index >= 15 is 0 Å². The minimum absolute atomic E-state index is 0.185. The van der Waals surface area contributed by atoms with Crippen molar-refractivity contribution in [3.05, 3.63) is 101 Å². The zero-order chi connectivity index (χ0) is 18.4. The maximum absolute atomic E-state index is 14.0. The number of hydrogen-bond donors (Lipinski definition) is 0. The quantitative estimate of drug-likeness (QED) is 0.444. The molecule has 0 saturated heterocycles. The van der Waals surface area contributed by atoms with Crippen LogP contribution in [0.3, 0.4) is 0 Å². The fourth-order valence-corrected chi connectivity index (χ4v) is 2.52. The second-order valence-corrected chi connectivity index (χ2v) is 5.61. The van der Waals surface area contributed by atoms with Gasteiger partial charge in [0, 0.05) is 11.1 Å². The van der Waals surface area contributed by atoms with Crippen molar-refractivity contribution in [3.63, 3.8) is 0 Å². The molecular weight excluding hydrogens is 332 g/mol. The van der Waals surface area contributed by atoms with E-state index in [0.29, 0.717) is 16.9 Å². The molecule has 0 aliphatic carbocycles. The lowest BCUT2D eigenvalue weighted by Crippen LogP contribution is -1.97. The van der Waals surface area contributed by atoms with E-state index in [9.17, 15) is 14.0 Å². The van der Waals surface area contributed by atoms with Gasteiger partial charge in [0.25, 0.3) is 0 Å². The molecule has 26 heavy (non-hydrogen) atoms. The summed E-state index contributed by atoms with van der Waals surface area (Å²) in [6.07, 6.45) is 1.58. The lowest BCUT2D eigenvalue weighted by Gasteiger charge is -2.10. The number of nitriles is 1. The van der Waals surface area contributed by atoms with Gasteiger partial charge in [-0.3, -0.25) is 0 Å². The first-order chi connectivity index (χ1) is 12.7. The molecule has 0 bridgehead atoms. The Labute approximate surface area is 150 Å². The Kier molecular flexibility index (Phi) is 5.40. The number of benzene rings is 3. The molecule has 4 heteroatoms.